The first-order valence-electron chi connectivity index (χ1n) is 9.69. The molecule has 0 saturated heterocycles. The molecule has 1 heteroatoms. The van der Waals surface area contributed by atoms with Crippen LogP contribution in [0.5, 0.6) is 0 Å². The highest BCUT2D eigenvalue weighted by Crippen LogP contribution is 2.49. The Balaban J connectivity index is 1.48. The van der Waals surface area contributed by atoms with Crippen LogP contribution in [0.3, 0.4) is 0 Å². The van der Waals surface area contributed by atoms with Gasteiger partial charge in [-0.1, -0.05) is 32.6 Å². The molecule has 4 atom stereocenters. The predicted octanol–water partition coefficient (Wildman–Crippen LogP) is 5.95. The Bertz CT molecular complexity index is 361. The first kappa shape index (κ1) is 15.4. The molecule has 0 unspecified atom stereocenters. The summed E-state index contributed by atoms with van der Waals surface area (Å²) < 4.78 is 0. The van der Waals surface area contributed by atoms with Crippen LogP contribution in [0.1, 0.15) is 84.0 Å². The van der Waals surface area contributed by atoms with Crippen LogP contribution in [-0.2, 0) is 0 Å². The number of hydrogen-bond donors (Lipinski definition) is 0. The van der Waals surface area contributed by atoms with Crippen LogP contribution in [0.15, 0.2) is 0 Å². The third-order valence-electron chi connectivity index (χ3n) is 7.09. The van der Waals surface area contributed by atoms with Crippen molar-refractivity contribution in [3.63, 3.8) is 0 Å². The maximum absolute atomic E-state index is 9.16. The maximum Gasteiger partial charge on any atom is 0.0655 e. The molecule has 0 heterocycles. The van der Waals surface area contributed by atoms with E-state index in [-0.39, 0.29) is 0 Å². The maximum atomic E-state index is 9.16. The molecule has 3 saturated carbocycles. The van der Waals surface area contributed by atoms with Gasteiger partial charge in [-0.25, -0.2) is 0 Å². The lowest BCUT2D eigenvalue weighted by molar-refractivity contribution is 0.0682. The summed E-state index contributed by atoms with van der Waals surface area (Å²) in [6, 6.07) is 2.53. The van der Waals surface area contributed by atoms with E-state index in [9.17, 15) is 0 Å². The SMILES string of the molecule is CCCC1CCC([C@H]2CC[C@@H]3C[C@H](C#N)CC[C@@H]3C2)CC1. The lowest BCUT2D eigenvalue weighted by atomic mass is 9.61. The van der Waals surface area contributed by atoms with E-state index in [0.717, 1.165) is 29.6 Å². The third kappa shape index (κ3) is 3.64. The van der Waals surface area contributed by atoms with Crippen molar-refractivity contribution in [2.24, 2.45) is 35.5 Å². The van der Waals surface area contributed by atoms with E-state index < -0.39 is 0 Å². The standard InChI is InChI=1S/C20H33N/c1-2-3-15-4-7-17(8-5-15)19-11-10-18-12-16(14-21)6-9-20(18)13-19/h15-20H,2-13H2,1H3/t15?,16-,17?,18-,19+,20-/m1/s1. The summed E-state index contributed by atoms with van der Waals surface area (Å²) in [6.07, 6.45) is 17.1. The largest absolute Gasteiger partial charge is 0.198 e. The summed E-state index contributed by atoms with van der Waals surface area (Å²) in [6.45, 7) is 2.34. The van der Waals surface area contributed by atoms with Gasteiger partial charge in [0, 0.05) is 5.92 Å². The second-order valence-corrected chi connectivity index (χ2v) is 8.30. The fourth-order valence-electron chi connectivity index (χ4n) is 5.83. The van der Waals surface area contributed by atoms with Crippen LogP contribution < -0.4 is 0 Å². The zero-order chi connectivity index (χ0) is 14.7. The number of nitriles is 1. The molecule has 0 spiro atoms. The molecular weight excluding hydrogens is 254 g/mol. The van der Waals surface area contributed by atoms with Gasteiger partial charge >= 0.3 is 0 Å². The van der Waals surface area contributed by atoms with Crippen LogP contribution in [0, 0.1) is 46.8 Å². The lowest BCUT2D eigenvalue weighted by Crippen LogP contribution is -2.34. The number of rotatable bonds is 3. The Hall–Kier alpha value is -0.510. The van der Waals surface area contributed by atoms with Crippen molar-refractivity contribution < 1.29 is 0 Å². The van der Waals surface area contributed by atoms with E-state index in [1.54, 1.807) is 0 Å². The molecule has 0 aliphatic heterocycles. The van der Waals surface area contributed by atoms with E-state index >= 15 is 0 Å². The molecule has 3 fully saturated rings. The fraction of sp³-hybridized carbons (Fsp3) is 0.950. The minimum Gasteiger partial charge on any atom is -0.198 e. The summed E-state index contributed by atoms with van der Waals surface area (Å²) >= 11 is 0. The van der Waals surface area contributed by atoms with Crippen LogP contribution in [0.2, 0.25) is 0 Å². The van der Waals surface area contributed by atoms with Crippen molar-refractivity contribution in [2.75, 3.05) is 0 Å². The van der Waals surface area contributed by atoms with Gasteiger partial charge in [-0.15, -0.1) is 0 Å². The zero-order valence-electron chi connectivity index (χ0n) is 13.9. The predicted molar refractivity (Wildman–Crippen MR) is 87.6 cm³/mol. The highest BCUT2D eigenvalue weighted by Gasteiger charge is 2.38. The van der Waals surface area contributed by atoms with E-state index in [2.05, 4.69) is 13.0 Å². The molecule has 1 nitrogen and oxygen atoms in total. The summed E-state index contributed by atoms with van der Waals surface area (Å²) in [5.74, 6) is 5.39. The minimum atomic E-state index is 0.382. The normalized spacial score (nSPS) is 43.8. The quantitative estimate of drug-likeness (QED) is 0.629. The molecule has 3 aliphatic rings. The second kappa shape index (κ2) is 7.17. The Morgan fingerprint density at radius 2 is 1.33 bits per heavy atom. The van der Waals surface area contributed by atoms with E-state index in [1.165, 1.54) is 77.0 Å². The summed E-state index contributed by atoms with van der Waals surface area (Å²) in [5, 5.41) is 9.16. The summed E-state index contributed by atoms with van der Waals surface area (Å²) in [7, 11) is 0. The van der Waals surface area contributed by atoms with E-state index in [4.69, 9.17) is 5.26 Å². The zero-order valence-corrected chi connectivity index (χ0v) is 13.9. The molecule has 0 radical (unpaired) electrons. The van der Waals surface area contributed by atoms with Crippen molar-refractivity contribution in [2.45, 2.75) is 84.0 Å². The molecule has 118 valence electrons. The molecule has 0 bridgehead atoms. The lowest BCUT2D eigenvalue weighted by Gasteiger charge is -2.44. The molecular formula is C20H33N. The minimum absolute atomic E-state index is 0.382. The van der Waals surface area contributed by atoms with Crippen LogP contribution in [0.25, 0.3) is 0 Å². The van der Waals surface area contributed by atoms with Crippen LogP contribution in [-0.4, -0.2) is 0 Å². The first-order valence-corrected chi connectivity index (χ1v) is 9.69. The Kier molecular flexibility index (Phi) is 5.25. The fourth-order valence-corrected chi connectivity index (χ4v) is 5.83. The molecule has 3 aliphatic carbocycles. The Morgan fingerprint density at radius 3 is 2.00 bits per heavy atom. The molecule has 0 aromatic heterocycles. The highest BCUT2D eigenvalue weighted by atomic mass is 14.4. The van der Waals surface area contributed by atoms with Crippen molar-refractivity contribution in [1.29, 1.82) is 5.26 Å². The summed E-state index contributed by atoms with van der Waals surface area (Å²) in [4.78, 5) is 0. The van der Waals surface area contributed by atoms with Crippen molar-refractivity contribution in [3.05, 3.63) is 0 Å². The van der Waals surface area contributed by atoms with Gasteiger partial charge in [0.05, 0.1) is 6.07 Å². The highest BCUT2D eigenvalue weighted by molar-refractivity contribution is 4.94. The van der Waals surface area contributed by atoms with Gasteiger partial charge in [0.1, 0.15) is 0 Å². The van der Waals surface area contributed by atoms with Crippen molar-refractivity contribution in [3.8, 4) is 6.07 Å². The number of hydrogen-bond acceptors (Lipinski definition) is 1. The molecule has 0 aromatic rings. The van der Waals surface area contributed by atoms with Gasteiger partial charge in [0.15, 0.2) is 0 Å². The van der Waals surface area contributed by atoms with Crippen LogP contribution in [0.4, 0.5) is 0 Å². The van der Waals surface area contributed by atoms with E-state index in [0.29, 0.717) is 5.92 Å². The van der Waals surface area contributed by atoms with Gasteiger partial charge in [-0.3, -0.25) is 0 Å². The van der Waals surface area contributed by atoms with Crippen molar-refractivity contribution in [1.82, 2.24) is 0 Å². The monoisotopic (exact) mass is 287 g/mol. The van der Waals surface area contributed by atoms with Gasteiger partial charge in [0.25, 0.3) is 0 Å². The Morgan fingerprint density at radius 1 is 0.762 bits per heavy atom. The molecule has 3 rings (SSSR count). The van der Waals surface area contributed by atoms with Crippen LogP contribution >= 0.6 is 0 Å². The molecule has 0 N–H and O–H groups in total. The van der Waals surface area contributed by atoms with Gasteiger partial charge < -0.3 is 0 Å². The number of nitrogens with zero attached hydrogens (tertiary/aromatic N) is 1. The van der Waals surface area contributed by atoms with Gasteiger partial charge in [-0.2, -0.15) is 5.26 Å². The molecule has 0 amide bonds. The first-order chi connectivity index (χ1) is 10.3. The van der Waals surface area contributed by atoms with Crippen molar-refractivity contribution >= 4 is 0 Å². The van der Waals surface area contributed by atoms with E-state index in [1.807, 2.05) is 0 Å². The summed E-state index contributed by atoms with van der Waals surface area (Å²) in [5.41, 5.74) is 0. The van der Waals surface area contributed by atoms with Gasteiger partial charge in [-0.05, 0) is 81.0 Å². The number of fused-ring (bicyclic) bond motifs is 1. The average molecular weight is 287 g/mol. The average Bonchev–Trinajstić information content (AvgIpc) is 2.55. The topological polar surface area (TPSA) is 23.8 Å². The molecule has 0 aromatic carbocycles. The Labute approximate surface area is 131 Å². The van der Waals surface area contributed by atoms with Gasteiger partial charge in [0.2, 0.25) is 0 Å². The third-order valence-corrected chi connectivity index (χ3v) is 7.09. The molecule has 21 heavy (non-hydrogen) atoms. The smallest absolute Gasteiger partial charge is 0.0655 e. The second-order valence-electron chi connectivity index (χ2n) is 8.30.